The van der Waals surface area contributed by atoms with Gasteiger partial charge in [0.05, 0.1) is 6.61 Å². The summed E-state index contributed by atoms with van der Waals surface area (Å²) in [7, 11) is 2.13. The van der Waals surface area contributed by atoms with Crippen LogP contribution in [0.2, 0.25) is 0 Å². The number of aliphatic hydroxyl groups is 1. The number of aliphatic hydroxyl groups excluding tert-OH is 1. The number of likely N-dealkylation sites (N-methyl/N-ethyl adjacent to an activating group) is 1. The second kappa shape index (κ2) is 12.9. The van der Waals surface area contributed by atoms with Crippen LogP contribution in [0.15, 0.2) is 0 Å². The average Bonchev–Trinajstić information content (AvgIpc) is 2.67. The van der Waals surface area contributed by atoms with Crippen molar-refractivity contribution in [3.8, 4) is 0 Å². The van der Waals surface area contributed by atoms with E-state index in [9.17, 15) is 0 Å². The van der Waals surface area contributed by atoms with Crippen LogP contribution in [0.25, 0.3) is 0 Å². The molecule has 2 N–H and O–H groups in total. The maximum Gasteiger partial charge on any atom is 0.0556 e. The van der Waals surface area contributed by atoms with Gasteiger partial charge in [0, 0.05) is 19.1 Å². The van der Waals surface area contributed by atoms with Gasteiger partial charge in [-0.05, 0) is 20.0 Å². The van der Waals surface area contributed by atoms with Crippen molar-refractivity contribution in [2.45, 2.75) is 40.2 Å². The zero-order valence-corrected chi connectivity index (χ0v) is 10.5. The highest BCUT2D eigenvalue weighted by Crippen LogP contribution is 2.04. The summed E-state index contributed by atoms with van der Waals surface area (Å²) in [6, 6.07) is 0.608. The van der Waals surface area contributed by atoms with Crippen molar-refractivity contribution in [1.82, 2.24) is 10.2 Å². The molecule has 1 heterocycles. The van der Waals surface area contributed by atoms with Crippen molar-refractivity contribution in [2.24, 2.45) is 0 Å². The summed E-state index contributed by atoms with van der Waals surface area (Å²) >= 11 is 0. The highest BCUT2D eigenvalue weighted by molar-refractivity contribution is 4.78. The molecule has 88 valence electrons. The Labute approximate surface area is 89.5 Å². The summed E-state index contributed by atoms with van der Waals surface area (Å²) in [6.45, 7) is 11.3. The molecule has 0 amide bonds. The van der Waals surface area contributed by atoms with E-state index in [0.29, 0.717) is 6.04 Å². The molecule has 0 aromatic rings. The van der Waals surface area contributed by atoms with Crippen LogP contribution in [-0.4, -0.2) is 49.3 Å². The van der Waals surface area contributed by atoms with Gasteiger partial charge in [-0.3, -0.25) is 0 Å². The zero-order valence-electron chi connectivity index (χ0n) is 10.5. The molecule has 3 nitrogen and oxygen atoms in total. The SMILES string of the molecule is CC.CC.CN1CCC(NCCO)C1. The minimum atomic E-state index is 0.250. The molecule has 0 aromatic carbocycles. The molecule has 1 aliphatic heterocycles. The van der Waals surface area contributed by atoms with Gasteiger partial charge in [0.25, 0.3) is 0 Å². The Bertz CT molecular complexity index is 99.3. The molecule has 1 fully saturated rings. The Morgan fingerprint density at radius 2 is 1.86 bits per heavy atom. The van der Waals surface area contributed by atoms with Crippen molar-refractivity contribution in [3.05, 3.63) is 0 Å². The van der Waals surface area contributed by atoms with Gasteiger partial charge in [0.15, 0.2) is 0 Å². The molecule has 0 bridgehead atoms. The first-order chi connectivity index (χ1) is 6.83. The Kier molecular flexibility index (Phi) is 15.0. The molecule has 0 radical (unpaired) electrons. The summed E-state index contributed by atoms with van der Waals surface area (Å²) in [5, 5.41) is 11.8. The van der Waals surface area contributed by atoms with Crippen LogP contribution in [0, 0.1) is 0 Å². The van der Waals surface area contributed by atoms with Crippen LogP contribution in [0.3, 0.4) is 0 Å². The van der Waals surface area contributed by atoms with E-state index >= 15 is 0 Å². The second-order valence-electron chi connectivity index (χ2n) is 2.93. The van der Waals surface area contributed by atoms with Crippen molar-refractivity contribution >= 4 is 0 Å². The summed E-state index contributed by atoms with van der Waals surface area (Å²) < 4.78 is 0. The third-order valence-electron chi connectivity index (χ3n) is 1.94. The fourth-order valence-corrected chi connectivity index (χ4v) is 1.37. The van der Waals surface area contributed by atoms with Crippen LogP contribution in [0.1, 0.15) is 34.1 Å². The summed E-state index contributed by atoms with van der Waals surface area (Å²) in [5.74, 6) is 0. The van der Waals surface area contributed by atoms with Crippen LogP contribution in [-0.2, 0) is 0 Å². The normalized spacial score (nSPS) is 20.6. The van der Waals surface area contributed by atoms with E-state index in [4.69, 9.17) is 5.11 Å². The van der Waals surface area contributed by atoms with Crippen molar-refractivity contribution in [2.75, 3.05) is 33.3 Å². The van der Waals surface area contributed by atoms with Gasteiger partial charge >= 0.3 is 0 Å². The van der Waals surface area contributed by atoms with E-state index in [0.717, 1.165) is 13.1 Å². The molecule has 1 rings (SSSR count). The van der Waals surface area contributed by atoms with Gasteiger partial charge < -0.3 is 15.3 Å². The smallest absolute Gasteiger partial charge is 0.0556 e. The third-order valence-corrected chi connectivity index (χ3v) is 1.94. The molecule has 1 saturated heterocycles. The standard InChI is InChI=1S/C7H16N2O.2C2H6/c1-9-4-2-7(6-9)8-3-5-10;2*1-2/h7-8,10H,2-6H2,1H3;2*1-2H3. The molecule has 0 saturated carbocycles. The van der Waals surface area contributed by atoms with Crippen LogP contribution < -0.4 is 5.32 Å². The quantitative estimate of drug-likeness (QED) is 0.728. The molecular weight excluding hydrogens is 176 g/mol. The van der Waals surface area contributed by atoms with Crippen LogP contribution in [0.4, 0.5) is 0 Å². The number of likely N-dealkylation sites (tertiary alicyclic amines) is 1. The van der Waals surface area contributed by atoms with Crippen molar-refractivity contribution in [3.63, 3.8) is 0 Å². The lowest BCUT2D eigenvalue weighted by Crippen LogP contribution is -2.33. The maximum absolute atomic E-state index is 8.52. The minimum absolute atomic E-state index is 0.250. The van der Waals surface area contributed by atoms with E-state index in [-0.39, 0.29) is 6.61 Å². The average molecular weight is 204 g/mol. The lowest BCUT2D eigenvalue weighted by molar-refractivity contribution is 0.283. The Hall–Kier alpha value is -0.120. The zero-order chi connectivity index (χ0) is 11.4. The Balaban J connectivity index is 0. The summed E-state index contributed by atoms with van der Waals surface area (Å²) in [6.07, 6.45) is 1.22. The van der Waals surface area contributed by atoms with E-state index in [1.54, 1.807) is 0 Å². The Morgan fingerprint density at radius 3 is 2.21 bits per heavy atom. The number of nitrogens with zero attached hydrogens (tertiary/aromatic N) is 1. The molecule has 0 spiro atoms. The first kappa shape index (κ1) is 16.3. The van der Waals surface area contributed by atoms with Gasteiger partial charge in [0.2, 0.25) is 0 Å². The first-order valence-electron chi connectivity index (χ1n) is 5.85. The van der Waals surface area contributed by atoms with E-state index in [1.165, 1.54) is 13.0 Å². The first-order valence-corrected chi connectivity index (χ1v) is 5.85. The fraction of sp³-hybridized carbons (Fsp3) is 1.00. The highest BCUT2D eigenvalue weighted by Gasteiger charge is 2.17. The predicted octanol–water partition coefficient (Wildman–Crippen LogP) is 1.32. The number of rotatable bonds is 3. The van der Waals surface area contributed by atoms with Gasteiger partial charge in [-0.25, -0.2) is 0 Å². The van der Waals surface area contributed by atoms with Gasteiger partial charge in [0.1, 0.15) is 0 Å². The van der Waals surface area contributed by atoms with Gasteiger partial charge in [-0.15, -0.1) is 0 Å². The molecule has 0 aromatic heterocycles. The molecule has 1 atom stereocenters. The third kappa shape index (κ3) is 8.48. The fourth-order valence-electron chi connectivity index (χ4n) is 1.37. The van der Waals surface area contributed by atoms with E-state index in [2.05, 4.69) is 17.3 Å². The lowest BCUT2D eigenvalue weighted by atomic mass is 10.3. The largest absolute Gasteiger partial charge is 0.395 e. The number of nitrogens with one attached hydrogen (secondary N) is 1. The lowest BCUT2D eigenvalue weighted by Gasteiger charge is -2.10. The van der Waals surface area contributed by atoms with Crippen molar-refractivity contribution in [1.29, 1.82) is 0 Å². The monoisotopic (exact) mass is 204 g/mol. The molecular formula is C11H28N2O. The van der Waals surface area contributed by atoms with Crippen LogP contribution in [0.5, 0.6) is 0 Å². The number of hydrogen-bond donors (Lipinski definition) is 2. The summed E-state index contributed by atoms with van der Waals surface area (Å²) in [4.78, 5) is 2.30. The predicted molar refractivity (Wildman–Crippen MR) is 63.7 cm³/mol. The van der Waals surface area contributed by atoms with Crippen molar-refractivity contribution < 1.29 is 5.11 Å². The van der Waals surface area contributed by atoms with Crippen LogP contribution >= 0.6 is 0 Å². The molecule has 0 aliphatic carbocycles. The molecule has 14 heavy (non-hydrogen) atoms. The number of hydrogen-bond acceptors (Lipinski definition) is 3. The van der Waals surface area contributed by atoms with E-state index < -0.39 is 0 Å². The molecule has 3 heteroatoms. The van der Waals surface area contributed by atoms with Gasteiger partial charge in [-0.2, -0.15) is 0 Å². The molecule has 1 aliphatic rings. The maximum atomic E-state index is 8.52. The second-order valence-corrected chi connectivity index (χ2v) is 2.93. The Morgan fingerprint density at radius 1 is 1.29 bits per heavy atom. The molecule has 1 unspecified atom stereocenters. The topological polar surface area (TPSA) is 35.5 Å². The van der Waals surface area contributed by atoms with E-state index in [1.807, 2.05) is 27.7 Å². The van der Waals surface area contributed by atoms with Gasteiger partial charge in [-0.1, -0.05) is 27.7 Å². The minimum Gasteiger partial charge on any atom is -0.395 e. The highest BCUT2D eigenvalue weighted by atomic mass is 16.3. The summed E-state index contributed by atoms with van der Waals surface area (Å²) in [5.41, 5.74) is 0.